The van der Waals surface area contributed by atoms with Crippen LogP contribution >= 0.6 is 11.6 Å². The van der Waals surface area contributed by atoms with Gasteiger partial charge in [-0.1, -0.05) is 36.6 Å². The van der Waals surface area contributed by atoms with Crippen LogP contribution in [0.5, 0.6) is 0 Å². The molecule has 2 aliphatic carbocycles. The lowest BCUT2D eigenvalue weighted by molar-refractivity contribution is -0.134. The summed E-state index contributed by atoms with van der Waals surface area (Å²) in [5.41, 5.74) is 2.23. The minimum atomic E-state index is -4.49. The molecule has 3 aliphatic rings. The minimum absolute atomic E-state index is 0.0125. The number of rotatable bonds is 3. The zero-order valence-corrected chi connectivity index (χ0v) is 18.1. The first-order valence-corrected chi connectivity index (χ1v) is 11.3. The number of amides is 1. The first kappa shape index (κ1) is 20.9. The van der Waals surface area contributed by atoms with E-state index < -0.39 is 30.0 Å². The molecule has 2 atom stereocenters. The molecule has 2 saturated carbocycles. The Hall–Kier alpha value is -2.68. The first-order chi connectivity index (χ1) is 15.7. The van der Waals surface area contributed by atoms with Gasteiger partial charge in [0.2, 0.25) is 11.9 Å². The molecule has 0 bridgehead atoms. The Morgan fingerprint density at radius 3 is 2.64 bits per heavy atom. The zero-order valence-electron chi connectivity index (χ0n) is 17.4. The highest BCUT2D eigenvalue weighted by atomic mass is 35.5. The Morgan fingerprint density at radius 1 is 1.15 bits per heavy atom. The average molecular weight is 479 g/mol. The van der Waals surface area contributed by atoms with E-state index in [-0.39, 0.29) is 17.0 Å². The number of imidazole rings is 1. The quantitative estimate of drug-likeness (QED) is 0.466. The van der Waals surface area contributed by atoms with Crippen molar-refractivity contribution < 1.29 is 22.4 Å². The van der Waals surface area contributed by atoms with E-state index in [0.717, 1.165) is 46.0 Å². The number of carbonyl (C=O) groups excluding carboxylic acids is 1. The average Bonchev–Trinajstić information content (AvgIpc) is 3.16. The fraction of sp³-hybridized carbons (Fsp3) is 0.435. The third-order valence-corrected chi connectivity index (χ3v) is 7.50. The lowest BCUT2D eigenvalue weighted by Gasteiger charge is -2.24. The standard InChI is InChI=1S/C23H19ClF4N4O/c24-18-9-15(20-29-10-19(25)32(20)30-18)14-8-13(14)12-3-4-16-17(7-12)31(11-23(26,27)28)21(33)22(16)5-1-2-6-22/h3-4,7,9-10,13-14H,1-2,5-6,8,11H2/t13-,14+/m1/s1. The second kappa shape index (κ2) is 6.91. The van der Waals surface area contributed by atoms with Crippen molar-refractivity contribution >= 4 is 28.8 Å². The molecule has 2 fully saturated rings. The van der Waals surface area contributed by atoms with Crippen LogP contribution in [0.25, 0.3) is 5.65 Å². The number of fused-ring (bicyclic) bond motifs is 3. The summed E-state index contributed by atoms with van der Waals surface area (Å²) in [6, 6.07) is 7.15. The van der Waals surface area contributed by atoms with Gasteiger partial charge in [0.05, 0.1) is 11.6 Å². The van der Waals surface area contributed by atoms with Crippen LogP contribution in [0.3, 0.4) is 0 Å². The van der Waals surface area contributed by atoms with Gasteiger partial charge in [0, 0.05) is 11.3 Å². The van der Waals surface area contributed by atoms with Crippen molar-refractivity contribution in [2.24, 2.45) is 0 Å². The van der Waals surface area contributed by atoms with E-state index in [1.807, 2.05) is 12.1 Å². The molecule has 1 spiro atoms. The summed E-state index contributed by atoms with van der Waals surface area (Å²) in [6.45, 7) is -1.29. The molecule has 0 saturated heterocycles. The van der Waals surface area contributed by atoms with Crippen LogP contribution in [0.4, 0.5) is 23.2 Å². The van der Waals surface area contributed by atoms with Crippen molar-refractivity contribution in [2.75, 3.05) is 11.4 Å². The molecule has 1 aliphatic heterocycles. The third-order valence-electron chi connectivity index (χ3n) is 7.32. The summed E-state index contributed by atoms with van der Waals surface area (Å²) in [7, 11) is 0. The Labute approximate surface area is 191 Å². The fourth-order valence-corrected chi connectivity index (χ4v) is 6.00. The highest BCUT2D eigenvalue weighted by Gasteiger charge is 2.54. The Balaban J connectivity index is 1.38. The maximum absolute atomic E-state index is 14.0. The molecule has 6 rings (SSSR count). The summed E-state index contributed by atoms with van der Waals surface area (Å²) < 4.78 is 55.1. The minimum Gasteiger partial charge on any atom is -0.302 e. The van der Waals surface area contributed by atoms with Crippen molar-refractivity contribution in [3.8, 4) is 0 Å². The number of alkyl halides is 3. The van der Waals surface area contributed by atoms with E-state index in [2.05, 4.69) is 10.1 Å². The lowest BCUT2D eigenvalue weighted by Crippen LogP contribution is -2.43. The van der Waals surface area contributed by atoms with Gasteiger partial charge in [0.1, 0.15) is 6.54 Å². The summed E-state index contributed by atoms with van der Waals surface area (Å²) in [6.07, 6.45) is 0.140. The third kappa shape index (κ3) is 3.15. The molecule has 10 heteroatoms. The van der Waals surface area contributed by atoms with Crippen molar-refractivity contribution in [1.82, 2.24) is 14.6 Å². The molecule has 0 radical (unpaired) electrons. The van der Waals surface area contributed by atoms with Crippen LogP contribution in [-0.4, -0.2) is 33.2 Å². The van der Waals surface area contributed by atoms with Crippen molar-refractivity contribution in [2.45, 2.75) is 55.5 Å². The van der Waals surface area contributed by atoms with E-state index >= 15 is 0 Å². The summed E-state index contributed by atoms with van der Waals surface area (Å²) in [5.74, 6) is -1.05. The molecule has 5 nitrogen and oxygen atoms in total. The maximum atomic E-state index is 14.0. The predicted octanol–water partition coefficient (Wildman–Crippen LogP) is 5.51. The normalized spacial score (nSPS) is 23.7. The van der Waals surface area contributed by atoms with Crippen LogP contribution < -0.4 is 4.90 Å². The zero-order chi connectivity index (χ0) is 23.1. The van der Waals surface area contributed by atoms with Gasteiger partial charge < -0.3 is 4.90 Å². The highest BCUT2D eigenvalue weighted by Crippen LogP contribution is 2.58. The number of hydrogen-bond acceptors (Lipinski definition) is 3. The van der Waals surface area contributed by atoms with Gasteiger partial charge in [-0.25, -0.2) is 4.98 Å². The molecule has 3 heterocycles. The monoisotopic (exact) mass is 478 g/mol. The van der Waals surface area contributed by atoms with Crippen LogP contribution in [0.1, 0.15) is 60.6 Å². The molecule has 172 valence electrons. The highest BCUT2D eigenvalue weighted by molar-refractivity contribution is 6.29. The molecule has 2 aromatic heterocycles. The first-order valence-electron chi connectivity index (χ1n) is 10.9. The Morgan fingerprint density at radius 2 is 1.91 bits per heavy atom. The number of benzene rings is 1. The molecule has 0 unspecified atom stereocenters. The Kier molecular flexibility index (Phi) is 4.38. The molecular weight excluding hydrogens is 460 g/mol. The van der Waals surface area contributed by atoms with Gasteiger partial charge in [-0.15, -0.1) is 0 Å². The topological polar surface area (TPSA) is 50.5 Å². The molecule has 3 aromatic rings. The van der Waals surface area contributed by atoms with E-state index in [0.29, 0.717) is 29.7 Å². The number of nitrogens with zero attached hydrogens (tertiary/aromatic N) is 4. The fourth-order valence-electron chi connectivity index (χ4n) is 5.80. The maximum Gasteiger partial charge on any atom is 0.406 e. The summed E-state index contributed by atoms with van der Waals surface area (Å²) >= 11 is 6.08. The smallest absolute Gasteiger partial charge is 0.302 e. The van der Waals surface area contributed by atoms with E-state index in [4.69, 9.17) is 11.6 Å². The second-order valence-corrected chi connectivity index (χ2v) is 9.65. The number of carbonyl (C=O) groups is 1. The van der Waals surface area contributed by atoms with Gasteiger partial charge in [-0.3, -0.25) is 4.79 Å². The Bertz CT molecular complexity index is 1300. The summed E-state index contributed by atoms with van der Waals surface area (Å²) in [4.78, 5) is 18.2. The van der Waals surface area contributed by atoms with E-state index in [9.17, 15) is 22.4 Å². The van der Waals surface area contributed by atoms with Gasteiger partial charge in [0.15, 0.2) is 10.8 Å². The molecule has 33 heavy (non-hydrogen) atoms. The van der Waals surface area contributed by atoms with Crippen LogP contribution in [0.2, 0.25) is 5.15 Å². The molecular formula is C23H19ClF4N4O. The second-order valence-electron chi connectivity index (χ2n) is 9.26. The predicted molar refractivity (Wildman–Crippen MR) is 113 cm³/mol. The number of hydrogen-bond donors (Lipinski definition) is 0. The van der Waals surface area contributed by atoms with Crippen molar-refractivity contribution in [3.63, 3.8) is 0 Å². The van der Waals surface area contributed by atoms with Gasteiger partial charge in [0.25, 0.3) is 0 Å². The largest absolute Gasteiger partial charge is 0.406 e. The SMILES string of the molecule is O=C1N(CC(F)(F)F)c2cc([C@H]3C[C@@H]3c3cc(Cl)nn4c(F)cnc34)ccc2C12CCCC2. The molecule has 1 amide bonds. The van der Waals surface area contributed by atoms with Crippen molar-refractivity contribution in [3.05, 3.63) is 58.3 Å². The van der Waals surface area contributed by atoms with Crippen LogP contribution in [0.15, 0.2) is 30.5 Å². The van der Waals surface area contributed by atoms with Crippen molar-refractivity contribution in [1.29, 1.82) is 0 Å². The molecule has 0 N–H and O–H groups in total. The number of anilines is 1. The van der Waals surface area contributed by atoms with Gasteiger partial charge in [-0.05, 0) is 54.4 Å². The van der Waals surface area contributed by atoms with E-state index in [1.54, 1.807) is 12.1 Å². The van der Waals surface area contributed by atoms with Crippen LogP contribution in [0, 0.1) is 5.95 Å². The van der Waals surface area contributed by atoms with Gasteiger partial charge >= 0.3 is 6.18 Å². The van der Waals surface area contributed by atoms with E-state index in [1.165, 1.54) is 0 Å². The summed E-state index contributed by atoms with van der Waals surface area (Å²) in [5, 5.41) is 4.08. The molecule has 1 aromatic carbocycles. The van der Waals surface area contributed by atoms with Gasteiger partial charge in [-0.2, -0.15) is 27.2 Å². The number of aromatic nitrogens is 3. The van der Waals surface area contributed by atoms with Crippen LogP contribution in [-0.2, 0) is 10.2 Å². The number of halogens is 5. The lowest BCUT2D eigenvalue weighted by atomic mass is 9.80.